The van der Waals surface area contributed by atoms with Crippen molar-refractivity contribution >= 4 is 0 Å². The van der Waals surface area contributed by atoms with E-state index in [-0.39, 0.29) is 0 Å². The second-order valence-electron chi connectivity index (χ2n) is 8.76. The van der Waals surface area contributed by atoms with Crippen LogP contribution >= 0.6 is 0 Å². The Hall–Kier alpha value is -0.860. The van der Waals surface area contributed by atoms with Crippen LogP contribution in [0, 0.1) is 11.8 Å². The van der Waals surface area contributed by atoms with Crippen LogP contribution in [0.2, 0.25) is 0 Å². The van der Waals surface area contributed by atoms with E-state index in [0.717, 1.165) is 30.5 Å². The predicted octanol–water partition coefficient (Wildman–Crippen LogP) is 6.36. The van der Waals surface area contributed by atoms with Crippen LogP contribution in [0.1, 0.15) is 80.1 Å². The van der Waals surface area contributed by atoms with Gasteiger partial charge in [-0.05, 0) is 63.5 Å². The van der Waals surface area contributed by atoms with E-state index in [9.17, 15) is 0 Å². The van der Waals surface area contributed by atoms with E-state index in [4.69, 9.17) is 0 Å². The van der Waals surface area contributed by atoms with Gasteiger partial charge in [-0.3, -0.25) is 4.90 Å². The molecule has 1 heterocycles. The first-order valence-electron chi connectivity index (χ1n) is 11.4. The topological polar surface area (TPSA) is 15.3 Å². The van der Waals surface area contributed by atoms with Crippen LogP contribution in [-0.2, 0) is 0 Å². The lowest BCUT2D eigenvalue weighted by Gasteiger charge is -2.48. The fraction of sp³-hybridized carbons (Fsp3) is 0.760. The molecule has 0 aromatic carbocycles. The van der Waals surface area contributed by atoms with Gasteiger partial charge in [0.05, 0.1) is 0 Å². The molecule has 0 radical (unpaired) electrons. The molecular weight excluding hydrogens is 328 g/mol. The van der Waals surface area contributed by atoms with Gasteiger partial charge in [-0.1, -0.05) is 70.9 Å². The zero-order valence-electron chi connectivity index (χ0n) is 19.1. The molecule has 1 aliphatic heterocycles. The molecule has 156 valence electrons. The molecule has 1 N–H and O–H groups in total. The van der Waals surface area contributed by atoms with Gasteiger partial charge >= 0.3 is 0 Å². The fourth-order valence-corrected chi connectivity index (χ4v) is 4.40. The number of hydrogen-bond donors (Lipinski definition) is 1. The van der Waals surface area contributed by atoms with Gasteiger partial charge in [-0.15, -0.1) is 0 Å². The molecule has 1 fully saturated rings. The summed E-state index contributed by atoms with van der Waals surface area (Å²) < 4.78 is 0. The molecule has 0 bridgehead atoms. The normalized spacial score (nSPS) is 20.7. The number of nitrogens with zero attached hydrogens (tertiary/aromatic N) is 1. The van der Waals surface area contributed by atoms with Crippen LogP contribution in [0.15, 0.2) is 36.0 Å². The molecule has 2 heteroatoms. The Bertz CT molecular complexity index is 481. The van der Waals surface area contributed by atoms with Crippen LogP contribution in [0.5, 0.6) is 0 Å². The Morgan fingerprint density at radius 1 is 1.15 bits per heavy atom. The second-order valence-corrected chi connectivity index (χ2v) is 8.76. The molecular formula is C25H46N2. The van der Waals surface area contributed by atoms with Crippen LogP contribution < -0.4 is 5.32 Å². The smallest absolute Gasteiger partial charge is 0.0234 e. The molecule has 0 amide bonds. The minimum Gasteiger partial charge on any atom is -0.311 e. The van der Waals surface area contributed by atoms with Gasteiger partial charge in [0.1, 0.15) is 0 Å². The first kappa shape index (κ1) is 24.2. The summed E-state index contributed by atoms with van der Waals surface area (Å²) >= 11 is 0. The summed E-state index contributed by atoms with van der Waals surface area (Å²) in [4.78, 5) is 2.64. The third-order valence-electron chi connectivity index (χ3n) is 6.49. The maximum Gasteiger partial charge on any atom is 0.0234 e. The van der Waals surface area contributed by atoms with Gasteiger partial charge in [0.2, 0.25) is 0 Å². The molecule has 0 aromatic rings. The van der Waals surface area contributed by atoms with E-state index in [1.165, 1.54) is 57.2 Å². The zero-order chi connectivity index (χ0) is 20.3. The third kappa shape index (κ3) is 7.95. The van der Waals surface area contributed by atoms with E-state index in [0.29, 0.717) is 5.54 Å². The van der Waals surface area contributed by atoms with Crippen LogP contribution in [0.3, 0.4) is 0 Å². The largest absolute Gasteiger partial charge is 0.311 e. The molecule has 27 heavy (non-hydrogen) atoms. The Kier molecular flexibility index (Phi) is 11.3. The van der Waals surface area contributed by atoms with Crippen molar-refractivity contribution in [2.45, 2.75) is 85.6 Å². The fourth-order valence-electron chi connectivity index (χ4n) is 4.40. The number of hydrogen-bond acceptors (Lipinski definition) is 2. The maximum atomic E-state index is 4.03. The van der Waals surface area contributed by atoms with Gasteiger partial charge in [0, 0.05) is 25.2 Å². The highest BCUT2D eigenvalue weighted by Gasteiger charge is 2.40. The van der Waals surface area contributed by atoms with Gasteiger partial charge in [0.25, 0.3) is 0 Å². The van der Waals surface area contributed by atoms with E-state index in [1.54, 1.807) is 0 Å². The number of likely N-dealkylation sites (tertiary alicyclic amines) is 1. The van der Waals surface area contributed by atoms with Crippen LogP contribution in [0.25, 0.3) is 0 Å². The Morgan fingerprint density at radius 3 is 2.30 bits per heavy atom. The summed E-state index contributed by atoms with van der Waals surface area (Å²) in [6.45, 7) is 22.2. The summed E-state index contributed by atoms with van der Waals surface area (Å²) in [5.41, 5.74) is 2.86. The van der Waals surface area contributed by atoms with Crippen LogP contribution in [0.4, 0.5) is 0 Å². The van der Waals surface area contributed by atoms with Gasteiger partial charge in [-0.25, -0.2) is 0 Å². The van der Waals surface area contributed by atoms with Crippen molar-refractivity contribution in [1.29, 1.82) is 0 Å². The lowest BCUT2D eigenvalue weighted by atomic mass is 9.71. The lowest BCUT2D eigenvalue weighted by molar-refractivity contribution is 0.0774. The van der Waals surface area contributed by atoms with Gasteiger partial charge < -0.3 is 5.32 Å². The number of allylic oxidation sites excluding steroid dienone is 3. The Labute approximate surface area is 170 Å². The summed E-state index contributed by atoms with van der Waals surface area (Å²) in [6.07, 6.45) is 14.4. The quantitative estimate of drug-likeness (QED) is 0.400. The van der Waals surface area contributed by atoms with Crippen molar-refractivity contribution in [2.75, 3.05) is 26.2 Å². The molecule has 1 rings (SSSR count). The van der Waals surface area contributed by atoms with Gasteiger partial charge in [-0.2, -0.15) is 0 Å². The maximum absolute atomic E-state index is 4.03. The summed E-state index contributed by atoms with van der Waals surface area (Å²) in [5, 5.41) is 4.03. The van der Waals surface area contributed by atoms with Crippen molar-refractivity contribution in [1.82, 2.24) is 10.2 Å². The van der Waals surface area contributed by atoms with Crippen molar-refractivity contribution in [3.05, 3.63) is 36.0 Å². The minimum absolute atomic E-state index is 0.342. The molecule has 2 atom stereocenters. The van der Waals surface area contributed by atoms with E-state index in [1.807, 2.05) is 0 Å². The van der Waals surface area contributed by atoms with Crippen molar-refractivity contribution in [3.8, 4) is 0 Å². The molecule has 2 unspecified atom stereocenters. The van der Waals surface area contributed by atoms with E-state index >= 15 is 0 Å². The lowest BCUT2D eigenvalue weighted by Crippen LogP contribution is -2.58. The molecule has 2 nitrogen and oxygen atoms in total. The number of nitrogens with one attached hydrogen (secondary N) is 1. The minimum atomic E-state index is 0.342. The van der Waals surface area contributed by atoms with Crippen molar-refractivity contribution in [3.63, 3.8) is 0 Å². The van der Waals surface area contributed by atoms with Crippen LogP contribution in [-0.4, -0.2) is 36.6 Å². The first-order valence-corrected chi connectivity index (χ1v) is 11.4. The Morgan fingerprint density at radius 2 is 1.81 bits per heavy atom. The monoisotopic (exact) mass is 374 g/mol. The standard InChI is InChI=1S/C25H46N2/c1-8-16-26-25(24(11-4)19-22(7)9-2)14-17-27(18-15-25)20-23(10-3)13-12-21(5)6/h10,12-13,22,24,26H,5,8-9,11,14-20H2,1-4,6-7H3/b13-12-,23-10?. The van der Waals surface area contributed by atoms with Crippen molar-refractivity contribution in [2.24, 2.45) is 11.8 Å². The highest BCUT2D eigenvalue weighted by molar-refractivity contribution is 5.26. The number of piperidine rings is 1. The molecule has 0 spiro atoms. The van der Waals surface area contributed by atoms with E-state index in [2.05, 4.69) is 76.6 Å². The average Bonchev–Trinajstić information content (AvgIpc) is 2.68. The van der Waals surface area contributed by atoms with Gasteiger partial charge in [0.15, 0.2) is 0 Å². The molecule has 0 aromatic heterocycles. The summed E-state index contributed by atoms with van der Waals surface area (Å²) in [7, 11) is 0. The zero-order valence-corrected chi connectivity index (χ0v) is 19.1. The molecule has 1 aliphatic rings. The van der Waals surface area contributed by atoms with Crippen molar-refractivity contribution < 1.29 is 0 Å². The molecule has 1 saturated heterocycles. The second kappa shape index (κ2) is 12.6. The average molecular weight is 375 g/mol. The summed E-state index contributed by atoms with van der Waals surface area (Å²) in [5.74, 6) is 1.63. The third-order valence-corrected chi connectivity index (χ3v) is 6.49. The molecule has 0 aliphatic carbocycles. The Balaban J connectivity index is 2.78. The first-order chi connectivity index (χ1) is 12.9. The highest BCUT2D eigenvalue weighted by atomic mass is 15.2. The molecule has 0 saturated carbocycles. The highest BCUT2D eigenvalue weighted by Crippen LogP contribution is 2.37. The van der Waals surface area contributed by atoms with E-state index < -0.39 is 0 Å². The summed E-state index contributed by atoms with van der Waals surface area (Å²) in [6, 6.07) is 0. The SMILES string of the molecule is C=C(C)/C=C\C(=CC)CN1CCC(NCCC)(C(CC)CC(C)CC)CC1. The number of rotatable bonds is 12. The predicted molar refractivity (Wildman–Crippen MR) is 122 cm³/mol.